The molecule has 0 spiro atoms. The molecule has 0 saturated carbocycles. The monoisotopic (exact) mass is 598 g/mol. The number of anilines is 1. The number of carbonyl (C=O) groups is 3. The normalized spacial score (nSPS) is 15.9. The lowest BCUT2D eigenvalue weighted by Gasteiger charge is -2.30. The van der Waals surface area contributed by atoms with E-state index in [1.54, 1.807) is 49.6 Å². The van der Waals surface area contributed by atoms with Crippen molar-refractivity contribution in [1.82, 2.24) is 4.90 Å². The maximum absolute atomic E-state index is 13.3. The zero-order valence-corrected chi connectivity index (χ0v) is 23.9. The van der Waals surface area contributed by atoms with Crippen molar-refractivity contribution in [3.05, 3.63) is 118 Å². The number of carbonyl (C=O) groups excluding carboxylic acids is 3. The zero-order valence-electron chi connectivity index (χ0n) is 23.9. The number of hydrogen-bond acceptors (Lipinski definition) is 4. The molecule has 4 aromatic carbocycles. The number of ketones is 1. The number of nitrogens with one attached hydrogen (secondary N) is 1. The fourth-order valence-electron chi connectivity index (χ4n) is 6.04. The molecule has 0 radical (unpaired) electrons. The van der Waals surface area contributed by atoms with E-state index in [0.717, 1.165) is 28.8 Å². The quantitative estimate of drug-likeness (QED) is 0.253. The van der Waals surface area contributed by atoms with Crippen LogP contribution in [0.3, 0.4) is 0 Å². The van der Waals surface area contributed by atoms with Crippen molar-refractivity contribution in [2.24, 2.45) is 0 Å². The van der Waals surface area contributed by atoms with Crippen molar-refractivity contribution in [1.29, 1.82) is 0 Å². The average Bonchev–Trinajstić information content (AvgIpc) is 3.34. The largest absolute Gasteiger partial charge is 0.497 e. The summed E-state index contributed by atoms with van der Waals surface area (Å²) in [6, 6.07) is 22.5. The summed E-state index contributed by atoms with van der Waals surface area (Å²) in [4.78, 5) is 40.9. The molecule has 6 rings (SSSR count). The minimum atomic E-state index is -4.44. The highest BCUT2D eigenvalue weighted by Gasteiger charge is 2.33. The van der Waals surface area contributed by atoms with Crippen molar-refractivity contribution >= 4 is 23.3 Å². The topological polar surface area (TPSA) is 75.7 Å². The summed E-state index contributed by atoms with van der Waals surface area (Å²) in [6.07, 6.45) is -3.28. The SMILES string of the molecule is COc1ccc2c(c1)C(CC(=O)N1CCc3cc(NC(=O)c4ccccc4-c4ccc(C(F)(F)F)cc4)ccc3C1)CC2=O. The van der Waals surface area contributed by atoms with Crippen LogP contribution in [-0.4, -0.2) is 36.2 Å². The summed E-state index contributed by atoms with van der Waals surface area (Å²) < 4.78 is 44.4. The van der Waals surface area contributed by atoms with Gasteiger partial charge in [0.2, 0.25) is 5.91 Å². The van der Waals surface area contributed by atoms with Gasteiger partial charge in [-0.2, -0.15) is 13.2 Å². The van der Waals surface area contributed by atoms with Gasteiger partial charge in [-0.05, 0) is 82.8 Å². The van der Waals surface area contributed by atoms with Gasteiger partial charge in [-0.3, -0.25) is 14.4 Å². The lowest BCUT2D eigenvalue weighted by molar-refractivity contribution is -0.137. The van der Waals surface area contributed by atoms with Crippen molar-refractivity contribution in [2.45, 2.75) is 37.9 Å². The fourth-order valence-corrected chi connectivity index (χ4v) is 6.04. The first-order valence-corrected chi connectivity index (χ1v) is 14.3. The van der Waals surface area contributed by atoms with E-state index in [-0.39, 0.29) is 29.9 Å². The molecule has 6 nitrogen and oxygen atoms in total. The lowest BCUT2D eigenvalue weighted by Crippen LogP contribution is -2.36. The second-order valence-corrected chi connectivity index (χ2v) is 11.1. The number of methoxy groups -OCH3 is 1. The molecule has 0 bridgehead atoms. The number of rotatable bonds is 6. The first-order chi connectivity index (χ1) is 21.1. The van der Waals surface area contributed by atoms with Gasteiger partial charge in [0.05, 0.1) is 12.7 Å². The summed E-state index contributed by atoms with van der Waals surface area (Å²) in [5, 5.41) is 2.92. The molecule has 1 atom stereocenters. The van der Waals surface area contributed by atoms with Crippen LogP contribution >= 0.6 is 0 Å². The van der Waals surface area contributed by atoms with Crippen molar-refractivity contribution in [2.75, 3.05) is 19.0 Å². The Balaban J connectivity index is 1.12. The average molecular weight is 599 g/mol. The van der Waals surface area contributed by atoms with Crippen LogP contribution in [-0.2, 0) is 23.9 Å². The van der Waals surface area contributed by atoms with Crippen molar-refractivity contribution < 1.29 is 32.3 Å². The summed E-state index contributed by atoms with van der Waals surface area (Å²) in [6.45, 7) is 0.955. The molecule has 1 N–H and O–H groups in total. The third-order valence-electron chi connectivity index (χ3n) is 8.38. The molecule has 0 fully saturated rings. The molecule has 0 saturated heterocycles. The highest BCUT2D eigenvalue weighted by Crippen LogP contribution is 2.38. The molecule has 1 heterocycles. The number of nitrogens with zero attached hydrogens (tertiary/aromatic N) is 1. The van der Waals surface area contributed by atoms with Gasteiger partial charge in [-0.25, -0.2) is 0 Å². The second-order valence-electron chi connectivity index (χ2n) is 11.1. The van der Waals surface area contributed by atoms with Crippen molar-refractivity contribution in [3.63, 3.8) is 0 Å². The molecule has 2 aliphatic rings. The van der Waals surface area contributed by atoms with E-state index in [1.807, 2.05) is 23.1 Å². The number of fused-ring (bicyclic) bond motifs is 2. The minimum absolute atomic E-state index is 0.0126. The van der Waals surface area contributed by atoms with E-state index >= 15 is 0 Å². The number of amides is 2. The first kappa shape index (κ1) is 29.2. The molecule has 9 heteroatoms. The Morgan fingerprint density at radius 3 is 2.45 bits per heavy atom. The van der Waals surface area contributed by atoms with Gasteiger partial charge in [0.25, 0.3) is 5.91 Å². The van der Waals surface area contributed by atoms with Crippen LogP contribution in [0.2, 0.25) is 0 Å². The highest BCUT2D eigenvalue weighted by atomic mass is 19.4. The Morgan fingerprint density at radius 1 is 0.932 bits per heavy atom. The van der Waals surface area contributed by atoms with Gasteiger partial charge < -0.3 is 15.0 Å². The molecule has 1 aliphatic heterocycles. The molecule has 44 heavy (non-hydrogen) atoms. The molecule has 2 amide bonds. The maximum atomic E-state index is 13.3. The minimum Gasteiger partial charge on any atom is -0.497 e. The Morgan fingerprint density at radius 2 is 1.70 bits per heavy atom. The highest BCUT2D eigenvalue weighted by molar-refractivity contribution is 6.08. The van der Waals surface area contributed by atoms with Crippen LogP contribution in [0.1, 0.15) is 61.7 Å². The molecule has 1 unspecified atom stereocenters. The van der Waals surface area contributed by atoms with Gasteiger partial charge in [0.1, 0.15) is 5.75 Å². The van der Waals surface area contributed by atoms with Gasteiger partial charge in [0, 0.05) is 48.7 Å². The van der Waals surface area contributed by atoms with Crippen molar-refractivity contribution in [3.8, 4) is 16.9 Å². The maximum Gasteiger partial charge on any atom is 0.416 e. The van der Waals surface area contributed by atoms with Crippen LogP contribution in [0.5, 0.6) is 5.75 Å². The Labute approximate surface area is 252 Å². The first-order valence-electron chi connectivity index (χ1n) is 14.3. The fraction of sp³-hybridized carbons (Fsp3) is 0.229. The third-order valence-corrected chi connectivity index (χ3v) is 8.38. The predicted molar refractivity (Wildman–Crippen MR) is 160 cm³/mol. The van der Waals surface area contributed by atoms with Crippen LogP contribution in [0.25, 0.3) is 11.1 Å². The Hall–Kier alpha value is -4.92. The predicted octanol–water partition coefficient (Wildman–Crippen LogP) is 7.28. The van der Waals surface area contributed by atoms with Crippen LogP contribution in [0.4, 0.5) is 18.9 Å². The standard InChI is InChI=1S/C35H29F3N2O4/c1-44-27-12-13-29-31(19-27)24(17-32(29)41)18-33(42)40-15-14-22-16-26(11-8-23(22)20-40)39-34(43)30-5-3-2-4-28(30)21-6-9-25(10-7-21)35(36,37)38/h2-13,16,19,24H,14-15,17-18,20H2,1H3,(H,39,43). The summed E-state index contributed by atoms with van der Waals surface area (Å²) in [5.74, 6) is 0.136. The van der Waals surface area contributed by atoms with E-state index in [1.165, 1.54) is 12.1 Å². The smallest absolute Gasteiger partial charge is 0.416 e. The number of Topliss-reactive ketones (excluding diaryl/α,β-unsaturated/α-hetero) is 1. The van der Waals surface area contributed by atoms with E-state index in [4.69, 9.17) is 4.74 Å². The second kappa shape index (κ2) is 11.6. The molecule has 0 aromatic heterocycles. The van der Waals surface area contributed by atoms with Crippen LogP contribution < -0.4 is 10.1 Å². The van der Waals surface area contributed by atoms with Gasteiger partial charge in [0.15, 0.2) is 5.78 Å². The summed E-state index contributed by atoms with van der Waals surface area (Å²) in [7, 11) is 1.57. The molecule has 224 valence electrons. The van der Waals surface area contributed by atoms with E-state index in [9.17, 15) is 27.6 Å². The summed E-state index contributed by atoms with van der Waals surface area (Å²) in [5.41, 5.74) is 4.73. The van der Waals surface area contributed by atoms with E-state index < -0.39 is 11.7 Å². The van der Waals surface area contributed by atoms with Crippen LogP contribution in [0, 0.1) is 0 Å². The van der Waals surface area contributed by atoms with Gasteiger partial charge in [-0.15, -0.1) is 0 Å². The molecule has 1 aliphatic carbocycles. The van der Waals surface area contributed by atoms with E-state index in [0.29, 0.717) is 59.6 Å². The molecular weight excluding hydrogens is 569 g/mol. The lowest BCUT2D eigenvalue weighted by atomic mass is 9.95. The summed E-state index contributed by atoms with van der Waals surface area (Å²) >= 11 is 0. The number of alkyl halides is 3. The Kier molecular flexibility index (Phi) is 7.71. The third kappa shape index (κ3) is 5.82. The molecule has 4 aromatic rings. The van der Waals surface area contributed by atoms with Crippen LogP contribution in [0.15, 0.2) is 84.9 Å². The zero-order chi connectivity index (χ0) is 31.0. The van der Waals surface area contributed by atoms with Gasteiger partial charge in [-0.1, -0.05) is 36.4 Å². The Bertz CT molecular complexity index is 1770. The van der Waals surface area contributed by atoms with Gasteiger partial charge >= 0.3 is 6.18 Å². The number of benzene rings is 4. The molecular formula is C35H29F3N2O4. The number of hydrogen-bond donors (Lipinski definition) is 1. The number of halogens is 3. The van der Waals surface area contributed by atoms with E-state index in [2.05, 4.69) is 5.32 Å². The number of ether oxygens (including phenoxy) is 1.